The van der Waals surface area contributed by atoms with Gasteiger partial charge in [0.1, 0.15) is 24.4 Å². The Balaban J connectivity index is 1.58. The molecule has 2 aromatic rings. The Morgan fingerprint density at radius 3 is 1.91 bits per heavy atom. The van der Waals surface area contributed by atoms with Crippen molar-refractivity contribution in [3.63, 3.8) is 0 Å². The molecule has 0 radical (unpaired) electrons. The first-order valence-corrected chi connectivity index (χ1v) is 13.7. The van der Waals surface area contributed by atoms with Crippen LogP contribution in [0.25, 0.3) is 0 Å². The van der Waals surface area contributed by atoms with Crippen LogP contribution in [0.5, 0.6) is 0 Å². The van der Waals surface area contributed by atoms with E-state index in [9.17, 15) is 21.9 Å². The van der Waals surface area contributed by atoms with E-state index in [1.165, 1.54) is 24.3 Å². The summed E-state index contributed by atoms with van der Waals surface area (Å²) in [6, 6.07) is 11.9. The van der Waals surface area contributed by atoms with Crippen LogP contribution < -0.4 is 0 Å². The van der Waals surface area contributed by atoms with Crippen LogP contribution in [-0.2, 0) is 42.8 Å². The van der Waals surface area contributed by atoms with Crippen LogP contribution in [0.15, 0.2) is 58.3 Å². The minimum absolute atomic E-state index is 0.110. The predicted molar refractivity (Wildman–Crippen MR) is 122 cm³/mol. The lowest BCUT2D eigenvalue weighted by molar-refractivity contribution is -0.225. The number of rotatable bonds is 8. The van der Waals surface area contributed by atoms with Gasteiger partial charge in [-0.3, -0.25) is 8.37 Å². The van der Waals surface area contributed by atoms with Crippen molar-refractivity contribution in [2.75, 3.05) is 6.61 Å². The maximum Gasteiger partial charge on any atom is 0.297 e. The normalized spacial score (nSPS) is 27.0. The molecule has 192 valence electrons. The van der Waals surface area contributed by atoms with Crippen molar-refractivity contribution < 1.29 is 44.5 Å². The zero-order valence-corrected chi connectivity index (χ0v) is 21.3. The molecule has 10 nitrogen and oxygen atoms in total. The molecule has 0 unspecified atom stereocenters. The first-order chi connectivity index (χ1) is 16.3. The number of hydrogen-bond acceptors (Lipinski definition) is 10. The Morgan fingerprint density at radius 2 is 1.40 bits per heavy atom. The molecule has 0 spiro atoms. The third kappa shape index (κ3) is 5.75. The Hall–Kier alpha value is -1.90. The minimum Gasteiger partial charge on any atom is -0.387 e. The van der Waals surface area contributed by atoms with Gasteiger partial charge in [-0.05, 0) is 52.0 Å². The van der Waals surface area contributed by atoms with Crippen LogP contribution in [0.1, 0.15) is 25.0 Å². The van der Waals surface area contributed by atoms with E-state index >= 15 is 0 Å². The molecule has 0 aliphatic carbocycles. The van der Waals surface area contributed by atoms with Crippen molar-refractivity contribution in [2.45, 2.75) is 74.0 Å². The van der Waals surface area contributed by atoms with E-state index in [-0.39, 0.29) is 9.79 Å². The van der Waals surface area contributed by atoms with Gasteiger partial charge >= 0.3 is 0 Å². The van der Waals surface area contributed by atoms with Gasteiger partial charge in [-0.1, -0.05) is 35.4 Å². The summed E-state index contributed by atoms with van der Waals surface area (Å²) in [4.78, 5) is -0.253. The second-order valence-corrected chi connectivity index (χ2v) is 12.2. The second kappa shape index (κ2) is 9.52. The molecule has 2 aliphatic rings. The topological polar surface area (TPSA) is 135 Å². The number of aliphatic hydroxyl groups excluding tert-OH is 1. The lowest BCUT2D eigenvalue weighted by Crippen LogP contribution is -2.45. The van der Waals surface area contributed by atoms with Crippen LogP contribution >= 0.6 is 0 Å². The summed E-state index contributed by atoms with van der Waals surface area (Å²) in [6.45, 7) is 6.14. The van der Waals surface area contributed by atoms with Gasteiger partial charge in [0.25, 0.3) is 20.2 Å². The molecule has 12 heteroatoms. The smallest absolute Gasteiger partial charge is 0.297 e. The van der Waals surface area contributed by atoms with Crippen LogP contribution in [0.3, 0.4) is 0 Å². The van der Waals surface area contributed by atoms with Gasteiger partial charge in [0.15, 0.2) is 12.1 Å². The summed E-state index contributed by atoms with van der Waals surface area (Å²) < 4.78 is 78.9. The van der Waals surface area contributed by atoms with Gasteiger partial charge < -0.3 is 19.3 Å². The third-order valence-corrected chi connectivity index (χ3v) is 8.32. The molecular weight excluding hydrogens is 500 g/mol. The lowest BCUT2D eigenvalue weighted by atomic mass is 10.1. The molecule has 2 fully saturated rings. The van der Waals surface area contributed by atoms with Crippen molar-refractivity contribution in [2.24, 2.45) is 0 Å². The van der Waals surface area contributed by atoms with Crippen molar-refractivity contribution in [1.82, 2.24) is 0 Å². The van der Waals surface area contributed by atoms with Gasteiger partial charge in [0.2, 0.25) is 0 Å². The molecule has 0 amide bonds. The van der Waals surface area contributed by atoms with Crippen molar-refractivity contribution in [1.29, 1.82) is 0 Å². The van der Waals surface area contributed by atoms with Gasteiger partial charge in [-0.15, -0.1) is 0 Å². The van der Waals surface area contributed by atoms with Gasteiger partial charge in [0, 0.05) is 0 Å². The van der Waals surface area contributed by atoms with E-state index < -0.39 is 63.3 Å². The number of hydrogen-bond donors (Lipinski definition) is 1. The highest BCUT2D eigenvalue weighted by molar-refractivity contribution is 7.87. The fourth-order valence-corrected chi connectivity index (χ4v) is 5.84. The summed E-state index contributed by atoms with van der Waals surface area (Å²) in [5, 5.41) is 10.8. The largest absolute Gasteiger partial charge is 0.387 e. The van der Waals surface area contributed by atoms with Crippen LogP contribution in [0, 0.1) is 13.8 Å². The van der Waals surface area contributed by atoms with Gasteiger partial charge in [0.05, 0.1) is 16.4 Å². The fourth-order valence-electron chi connectivity index (χ4n) is 3.85. The number of aryl methyl sites for hydroxylation is 2. The molecule has 2 aromatic carbocycles. The molecule has 1 N–H and O–H groups in total. The molecular formula is C23H28O10S2. The van der Waals surface area contributed by atoms with Crippen molar-refractivity contribution in [3.05, 3.63) is 59.7 Å². The second-order valence-electron chi connectivity index (χ2n) is 9.01. The summed E-state index contributed by atoms with van der Waals surface area (Å²) in [6.07, 6.45) is -6.12. The number of fused-ring (bicyclic) bond motifs is 1. The maximum atomic E-state index is 13.0. The highest BCUT2D eigenvalue weighted by Crippen LogP contribution is 2.39. The minimum atomic E-state index is -4.37. The fraction of sp³-hybridized carbons (Fsp3) is 0.478. The van der Waals surface area contributed by atoms with E-state index in [2.05, 4.69) is 0 Å². The Bertz CT molecular complexity index is 1250. The standard InChI is InChI=1S/C23H28O10S2/c1-14-5-9-16(10-6-14)34(25,26)29-13-18(33-35(27,28)17-11-7-15(2)8-12-17)20-19(24)21-22(30-20)32-23(3,4)31-21/h5-12,18-22,24H,13H2,1-4H3/t18-,19-,20-,21-,22-/m1/s1. The molecule has 2 heterocycles. The van der Waals surface area contributed by atoms with E-state index in [1.54, 1.807) is 52.0 Å². The van der Waals surface area contributed by atoms with Crippen molar-refractivity contribution >= 4 is 20.2 Å². The third-order valence-electron chi connectivity index (χ3n) is 5.68. The molecule has 2 saturated heterocycles. The molecule has 0 saturated carbocycles. The molecule has 0 aromatic heterocycles. The van der Waals surface area contributed by atoms with Crippen LogP contribution in [0.2, 0.25) is 0 Å². The van der Waals surface area contributed by atoms with E-state index in [4.69, 9.17) is 22.6 Å². The van der Waals surface area contributed by atoms with Crippen LogP contribution in [-0.4, -0.2) is 65.0 Å². The Kier molecular flexibility index (Phi) is 7.12. The van der Waals surface area contributed by atoms with E-state index in [1.807, 2.05) is 0 Å². The first-order valence-electron chi connectivity index (χ1n) is 10.9. The van der Waals surface area contributed by atoms with E-state index in [0.717, 1.165) is 11.1 Å². The SMILES string of the molecule is Cc1ccc(S(=O)(=O)OC[C@@H](OS(=O)(=O)c2ccc(C)cc2)[C@H]2O[C@@H]3OC(C)(C)O[C@@H]3[C@@H]2O)cc1. The monoisotopic (exact) mass is 528 g/mol. The molecule has 35 heavy (non-hydrogen) atoms. The summed E-state index contributed by atoms with van der Waals surface area (Å²) in [7, 11) is -8.63. The molecule has 4 rings (SSSR count). The highest BCUT2D eigenvalue weighted by Gasteiger charge is 2.57. The lowest BCUT2D eigenvalue weighted by Gasteiger charge is -2.28. The first kappa shape index (κ1) is 26.2. The summed E-state index contributed by atoms with van der Waals surface area (Å²) >= 11 is 0. The average Bonchev–Trinajstić information content (AvgIpc) is 3.24. The number of aliphatic hydroxyl groups is 1. The zero-order valence-electron chi connectivity index (χ0n) is 19.7. The summed E-state index contributed by atoms with van der Waals surface area (Å²) in [5.41, 5.74) is 1.69. The molecule has 2 aliphatic heterocycles. The molecule has 5 atom stereocenters. The zero-order chi connectivity index (χ0) is 25.6. The number of benzene rings is 2. The van der Waals surface area contributed by atoms with Gasteiger partial charge in [-0.25, -0.2) is 0 Å². The van der Waals surface area contributed by atoms with Crippen molar-refractivity contribution in [3.8, 4) is 0 Å². The predicted octanol–water partition coefficient (Wildman–Crippen LogP) is 2.02. The molecule has 0 bridgehead atoms. The Labute approximate surface area is 205 Å². The average molecular weight is 529 g/mol. The highest BCUT2D eigenvalue weighted by atomic mass is 32.2. The Morgan fingerprint density at radius 1 is 0.886 bits per heavy atom. The quantitative estimate of drug-likeness (QED) is 0.507. The van der Waals surface area contributed by atoms with Gasteiger partial charge in [-0.2, -0.15) is 16.8 Å². The summed E-state index contributed by atoms with van der Waals surface area (Å²) in [5.74, 6) is -1.02. The number of ether oxygens (including phenoxy) is 3. The van der Waals surface area contributed by atoms with E-state index in [0.29, 0.717) is 0 Å². The maximum absolute atomic E-state index is 13.0. The van der Waals surface area contributed by atoms with Crippen LogP contribution in [0.4, 0.5) is 0 Å².